The number of hydrogen-bond acceptors (Lipinski definition) is 4. The Morgan fingerprint density at radius 3 is 2.68 bits per heavy atom. The molecule has 0 unspecified atom stereocenters. The van der Waals surface area contributed by atoms with Gasteiger partial charge in [-0.25, -0.2) is 9.78 Å². The third-order valence-electron chi connectivity index (χ3n) is 4.37. The van der Waals surface area contributed by atoms with Crippen molar-refractivity contribution in [3.8, 4) is 0 Å². The van der Waals surface area contributed by atoms with E-state index in [0.717, 1.165) is 23.9 Å². The van der Waals surface area contributed by atoms with E-state index in [2.05, 4.69) is 4.98 Å². The number of carbonyl (C=O) groups excluding carboxylic acids is 2. The molecule has 0 N–H and O–H groups in total. The maximum absolute atomic E-state index is 12.5. The number of rotatable bonds is 3. The maximum atomic E-state index is 12.5. The number of imidazole rings is 1. The third kappa shape index (κ3) is 3.67. The Labute approximate surface area is 147 Å². The van der Waals surface area contributed by atoms with Gasteiger partial charge in [-0.15, -0.1) is 0 Å². The predicted molar refractivity (Wildman–Crippen MR) is 95.7 cm³/mol. The fraction of sp³-hybridized carbons (Fsp3) is 0.526. The van der Waals surface area contributed by atoms with E-state index in [-0.39, 0.29) is 17.9 Å². The van der Waals surface area contributed by atoms with Crippen LogP contribution in [0.2, 0.25) is 0 Å². The van der Waals surface area contributed by atoms with Gasteiger partial charge in [0.05, 0.1) is 17.1 Å². The lowest BCUT2D eigenvalue weighted by Crippen LogP contribution is -2.41. The number of fused-ring (bicyclic) bond motifs is 1. The number of amides is 1. The molecule has 0 bridgehead atoms. The van der Waals surface area contributed by atoms with Crippen molar-refractivity contribution in [2.45, 2.75) is 58.7 Å². The zero-order chi connectivity index (χ0) is 18.2. The molecule has 2 heterocycles. The summed E-state index contributed by atoms with van der Waals surface area (Å²) in [6.07, 6.45) is 1.54. The van der Waals surface area contributed by atoms with E-state index in [1.807, 2.05) is 49.6 Å². The summed E-state index contributed by atoms with van der Waals surface area (Å²) in [6.45, 7) is 8.36. The van der Waals surface area contributed by atoms with Crippen molar-refractivity contribution in [1.82, 2.24) is 14.5 Å². The van der Waals surface area contributed by atoms with Gasteiger partial charge in [0, 0.05) is 20.0 Å². The topological polar surface area (TPSA) is 64.4 Å². The summed E-state index contributed by atoms with van der Waals surface area (Å²) in [5.41, 5.74) is 1.20. The highest BCUT2D eigenvalue weighted by molar-refractivity contribution is 5.94. The van der Waals surface area contributed by atoms with Crippen LogP contribution in [0.1, 0.15) is 51.2 Å². The minimum absolute atomic E-state index is 0.00514. The molecule has 0 saturated carbocycles. The van der Waals surface area contributed by atoms with E-state index >= 15 is 0 Å². The van der Waals surface area contributed by atoms with Crippen LogP contribution < -0.4 is 0 Å². The van der Waals surface area contributed by atoms with Crippen molar-refractivity contribution >= 4 is 22.9 Å². The smallest absolute Gasteiger partial charge is 0.410 e. The SMILES string of the molecule is CC(=O)c1nc2ccccc2n1C[C@H]1CCCN1C(=O)OC(C)(C)C. The monoisotopic (exact) mass is 343 g/mol. The van der Waals surface area contributed by atoms with Gasteiger partial charge in [0.2, 0.25) is 0 Å². The lowest BCUT2D eigenvalue weighted by atomic mass is 10.2. The number of Topliss-reactive ketones (excluding diaryl/α,β-unsaturated/α-hetero) is 1. The standard InChI is InChI=1S/C19H25N3O3/c1-13(23)17-20-15-9-5-6-10-16(15)22(17)12-14-8-7-11-21(14)18(24)25-19(2,3)4/h5-6,9-10,14H,7-8,11-12H2,1-4H3/t14-/m1/s1. The second-order valence-electron chi connectivity index (χ2n) is 7.56. The van der Waals surface area contributed by atoms with Gasteiger partial charge in [-0.05, 0) is 45.7 Å². The fourth-order valence-electron chi connectivity index (χ4n) is 3.33. The third-order valence-corrected chi connectivity index (χ3v) is 4.37. The van der Waals surface area contributed by atoms with Gasteiger partial charge in [0.25, 0.3) is 0 Å². The van der Waals surface area contributed by atoms with Crippen LogP contribution in [0.4, 0.5) is 4.79 Å². The first-order valence-corrected chi connectivity index (χ1v) is 8.72. The number of carbonyl (C=O) groups is 2. The van der Waals surface area contributed by atoms with E-state index in [1.54, 1.807) is 4.90 Å². The molecule has 1 aliphatic heterocycles. The lowest BCUT2D eigenvalue weighted by Gasteiger charge is -2.29. The Morgan fingerprint density at radius 2 is 2.00 bits per heavy atom. The van der Waals surface area contributed by atoms with E-state index in [0.29, 0.717) is 18.9 Å². The summed E-state index contributed by atoms with van der Waals surface area (Å²) >= 11 is 0. The first kappa shape index (κ1) is 17.5. The van der Waals surface area contributed by atoms with Crippen molar-refractivity contribution < 1.29 is 14.3 Å². The number of ketones is 1. The number of benzene rings is 1. The molecule has 2 aromatic rings. The van der Waals surface area contributed by atoms with Gasteiger partial charge in [-0.3, -0.25) is 4.79 Å². The molecule has 1 aromatic heterocycles. The highest BCUT2D eigenvalue weighted by atomic mass is 16.6. The number of ether oxygens (including phenoxy) is 1. The summed E-state index contributed by atoms with van der Waals surface area (Å²) in [7, 11) is 0. The number of aromatic nitrogens is 2. The summed E-state index contributed by atoms with van der Waals surface area (Å²) in [5.74, 6) is 0.371. The van der Waals surface area contributed by atoms with E-state index in [1.165, 1.54) is 6.92 Å². The first-order chi connectivity index (χ1) is 11.8. The Hall–Kier alpha value is -2.37. The van der Waals surface area contributed by atoms with Gasteiger partial charge in [-0.1, -0.05) is 12.1 Å². The first-order valence-electron chi connectivity index (χ1n) is 8.72. The van der Waals surface area contributed by atoms with E-state index in [9.17, 15) is 9.59 Å². The molecule has 25 heavy (non-hydrogen) atoms. The summed E-state index contributed by atoms with van der Waals surface area (Å²) in [5, 5.41) is 0. The van der Waals surface area contributed by atoms with Gasteiger partial charge in [-0.2, -0.15) is 0 Å². The zero-order valence-corrected chi connectivity index (χ0v) is 15.3. The van der Waals surface area contributed by atoms with Crippen molar-refractivity contribution in [1.29, 1.82) is 0 Å². The van der Waals surface area contributed by atoms with Crippen LogP contribution in [0.25, 0.3) is 11.0 Å². The Kier molecular flexibility index (Phi) is 4.54. The van der Waals surface area contributed by atoms with Crippen LogP contribution >= 0.6 is 0 Å². The van der Waals surface area contributed by atoms with E-state index < -0.39 is 5.60 Å². The lowest BCUT2D eigenvalue weighted by molar-refractivity contribution is 0.0214. The molecular weight excluding hydrogens is 318 g/mol. The van der Waals surface area contributed by atoms with Crippen molar-refractivity contribution in [2.75, 3.05) is 6.54 Å². The molecule has 3 rings (SSSR count). The minimum atomic E-state index is -0.517. The largest absolute Gasteiger partial charge is 0.444 e. The fourth-order valence-corrected chi connectivity index (χ4v) is 3.33. The molecular formula is C19H25N3O3. The zero-order valence-electron chi connectivity index (χ0n) is 15.3. The average Bonchev–Trinajstić information content (AvgIpc) is 3.11. The second-order valence-corrected chi connectivity index (χ2v) is 7.56. The minimum Gasteiger partial charge on any atom is -0.444 e. The molecule has 134 valence electrons. The molecule has 0 radical (unpaired) electrons. The summed E-state index contributed by atoms with van der Waals surface area (Å²) in [4.78, 5) is 30.8. The van der Waals surface area contributed by atoms with Crippen molar-refractivity contribution in [3.05, 3.63) is 30.1 Å². The molecule has 1 aliphatic rings. The molecule has 6 heteroatoms. The molecule has 1 aromatic carbocycles. The average molecular weight is 343 g/mol. The molecule has 1 fully saturated rings. The van der Waals surface area contributed by atoms with Crippen molar-refractivity contribution in [2.24, 2.45) is 0 Å². The highest BCUT2D eigenvalue weighted by Crippen LogP contribution is 2.25. The van der Waals surface area contributed by atoms with Crippen LogP contribution in [0.3, 0.4) is 0 Å². The molecule has 1 saturated heterocycles. The Balaban J connectivity index is 1.88. The molecule has 1 amide bonds. The summed E-state index contributed by atoms with van der Waals surface area (Å²) in [6, 6.07) is 7.71. The second kappa shape index (κ2) is 6.50. The number of likely N-dealkylation sites (tertiary alicyclic amines) is 1. The highest BCUT2D eigenvalue weighted by Gasteiger charge is 2.33. The van der Waals surface area contributed by atoms with Gasteiger partial charge in [0.1, 0.15) is 5.60 Å². The quantitative estimate of drug-likeness (QED) is 0.798. The predicted octanol–water partition coefficient (Wildman–Crippen LogP) is 3.64. The molecule has 6 nitrogen and oxygen atoms in total. The van der Waals surface area contributed by atoms with Crippen molar-refractivity contribution in [3.63, 3.8) is 0 Å². The van der Waals surface area contributed by atoms with Crippen LogP contribution in [-0.2, 0) is 11.3 Å². The molecule has 1 atom stereocenters. The number of para-hydroxylation sites is 2. The Bertz CT molecular complexity index is 804. The maximum Gasteiger partial charge on any atom is 0.410 e. The van der Waals surface area contributed by atoms with Crippen LogP contribution in [0.15, 0.2) is 24.3 Å². The summed E-state index contributed by atoms with van der Waals surface area (Å²) < 4.78 is 7.47. The Morgan fingerprint density at radius 1 is 1.28 bits per heavy atom. The van der Waals surface area contributed by atoms with Crippen LogP contribution in [0.5, 0.6) is 0 Å². The van der Waals surface area contributed by atoms with Gasteiger partial charge in [0.15, 0.2) is 11.6 Å². The number of nitrogens with zero attached hydrogens (tertiary/aromatic N) is 3. The van der Waals surface area contributed by atoms with Gasteiger partial charge < -0.3 is 14.2 Å². The normalized spacial score (nSPS) is 17.9. The number of hydrogen-bond donors (Lipinski definition) is 0. The van der Waals surface area contributed by atoms with E-state index in [4.69, 9.17) is 4.74 Å². The van der Waals surface area contributed by atoms with Crippen LogP contribution in [0, 0.1) is 0 Å². The van der Waals surface area contributed by atoms with Crippen LogP contribution in [-0.4, -0.2) is 44.5 Å². The molecule has 0 spiro atoms. The molecule has 0 aliphatic carbocycles. The van der Waals surface area contributed by atoms with Gasteiger partial charge >= 0.3 is 6.09 Å².